The molecule has 0 spiro atoms. The van der Waals surface area contributed by atoms with Crippen LogP contribution in [0.2, 0.25) is 0 Å². The Morgan fingerprint density at radius 2 is 2.29 bits per heavy atom. The van der Waals surface area contributed by atoms with E-state index in [9.17, 15) is 4.79 Å². The number of morpholine rings is 1. The van der Waals surface area contributed by atoms with Crippen molar-refractivity contribution in [1.82, 2.24) is 15.5 Å². The quantitative estimate of drug-likeness (QED) is 0.870. The normalized spacial score (nSPS) is 21.1. The third-order valence-corrected chi connectivity index (χ3v) is 3.27. The molecule has 2 rings (SSSR count). The lowest BCUT2D eigenvalue weighted by molar-refractivity contribution is -0.106. The van der Waals surface area contributed by atoms with Crippen molar-refractivity contribution in [2.24, 2.45) is 0 Å². The van der Waals surface area contributed by atoms with Gasteiger partial charge in [-0.05, 0) is 26.0 Å². The Morgan fingerprint density at radius 3 is 2.86 bits per heavy atom. The summed E-state index contributed by atoms with van der Waals surface area (Å²) in [7, 11) is 3.23. The van der Waals surface area contributed by atoms with Crippen LogP contribution in [0.5, 0.6) is 0 Å². The van der Waals surface area contributed by atoms with Crippen LogP contribution >= 0.6 is 0 Å². The number of hydrogen-bond donors (Lipinski definition) is 1. The Kier molecular flexibility index (Phi) is 4.74. The molecule has 0 saturated carbocycles. The fourth-order valence-electron chi connectivity index (χ4n) is 2.49. The van der Waals surface area contributed by atoms with E-state index in [2.05, 4.69) is 20.4 Å². The lowest BCUT2D eigenvalue weighted by Crippen LogP contribution is -2.54. The molecule has 1 aliphatic rings. The van der Waals surface area contributed by atoms with Gasteiger partial charge in [-0.25, -0.2) is 0 Å². The first-order chi connectivity index (χ1) is 9.95. The summed E-state index contributed by atoms with van der Waals surface area (Å²) in [5.74, 6) is 0.494. The van der Waals surface area contributed by atoms with Crippen molar-refractivity contribution in [2.45, 2.75) is 25.6 Å². The number of anilines is 1. The molecule has 116 valence electrons. The van der Waals surface area contributed by atoms with E-state index in [1.807, 2.05) is 19.9 Å². The van der Waals surface area contributed by atoms with Crippen molar-refractivity contribution in [3.8, 4) is 0 Å². The number of carbonyl (C=O) groups excluding carboxylic acids is 1. The number of rotatable bonds is 4. The average Bonchev–Trinajstić information content (AvgIpc) is 2.45. The molecule has 0 aliphatic carbocycles. The molecule has 1 aromatic rings. The van der Waals surface area contributed by atoms with Gasteiger partial charge in [0.15, 0.2) is 11.5 Å². The van der Waals surface area contributed by atoms with E-state index in [4.69, 9.17) is 9.47 Å². The first-order valence-corrected chi connectivity index (χ1v) is 6.92. The highest BCUT2D eigenvalue weighted by Crippen LogP contribution is 2.24. The van der Waals surface area contributed by atoms with Gasteiger partial charge in [0.25, 0.3) is 5.91 Å². The maximum atomic E-state index is 11.5. The van der Waals surface area contributed by atoms with Gasteiger partial charge in [-0.15, -0.1) is 10.2 Å². The molecule has 1 amide bonds. The first-order valence-electron chi connectivity index (χ1n) is 6.92. The average molecular weight is 294 g/mol. The smallest absolute Gasteiger partial charge is 0.271 e. The fraction of sp³-hybridized carbons (Fsp3) is 0.643. The molecular formula is C14H22N4O3. The Labute approximate surface area is 124 Å². The van der Waals surface area contributed by atoms with Gasteiger partial charge in [-0.3, -0.25) is 4.79 Å². The number of nitrogens with zero attached hydrogens (tertiary/aromatic N) is 3. The minimum atomic E-state index is -0.289. The first kappa shape index (κ1) is 15.7. The molecule has 7 nitrogen and oxygen atoms in total. The van der Waals surface area contributed by atoms with Gasteiger partial charge < -0.3 is 19.7 Å². The molecular weight excluding hydrogens is 272 g/mol. The number of nitrogens with one attached hydrogen (secondary N) is 1. The van der Waals surface area contributed by atoms with Crippen LogP contribution in [0.1, 0.15) is 24.3 Å². The summed E-state index contributed by atoms with van der Waals surface area (Å²) in [5, 5.41) is 10.6. The van der Waals surface area contributed by atoms with Crippen LogP contribution in [-0.4, -0.2) is 61.7 Å². The van der Waals surface area contributed by atoms with E-state index >= 15 is 0 Å². The zero-order valence-electron chi connectivity index (χ0n) is 12.9. The summed E-state index contributed by atoms with van der Waals surface area (Å²) >= 11 is 0. The van der Waals surface area contributed by atoms with Crippen molar-refractivity contribution in [1.29, 1.82) is 0 Å². The molecule has 0 bridgehead atoms. The van der Waals surface area contributed by atoms with Crippen molar-refractivity contribution in [3.63, 3.8) is 0 Å². The second kappa shape index (κ2) is 6.36. The van der Waals surface area contributed by atoms with Crippen LogP contribution in [0.3, 0.4) is 0 Å². The predicted octanol–water partition coefficient (Wildman–Crippen LogP) is 0.466. The highest BCUT2D eigenvalue weighted by atomic mass is 16.5. The zero-order valence-corrected chi connectivity index (χ0v) is 12.9. The number of aromatic nitrogens is 2. The molecule has 1 unspecified atom stereocenters. The molecule has 2 heterocycles. The molecule has 1 aromatic heterocycles. The van der Waals surface area contributed by atoms with E-state index in [1.165, 1.54) is 0 Å². The third-order valence-electron chi connectivity index (χ3n) is 3.27. The van der Waals surface area contributed by atoms with Crippen molar-refractivity contribution in [3.05, 3.63) is 17.8 Å². The summed E-state index contributed by atoms with van der Waals surface area (Å²) in [4.78, 5) is 13.6. The van der Waals surface area contributed by atoms with Gasteiger partial charge in [0.2, 0.25) is 0 Å². The molecule has 1 aliphatic heterocycles. The number of ether oxygens (including phenoxy) is 2. The van der Waals surface area contributed by atoms with Gasteiger partial charge >= 0.3 is 0 Å². The maximum absolute atomic E-state index is 11.5. The lowest BCUT2D eigenvalue weighted by atomic mass is 10.1. The van der Waals surface area contributed by atoms with Crippen LogP contribution in [0, 0.1) is 0 Å². The minimum Gasteiger partial charge on any atom is -0.382 e. The van der Waals surface area contributed by atoms with Gasteiger partial charge in [0.05, 0.1) is 18.3 Å². The summed E-state index contributed by atoms with van der Waals surface area (Å²) in [6.45, 7) is 6.00. The Balaban J connectivity index is 2.14. The molecule has 1 atom stereocenters. The Morgan fingerprint density at radius 1 is 1.52 bits per heavy atom. The molecule has 1 saturated heterocycles. The van der Waals surface area contributed by atoms with Crippen LogP contribution in [0.15, 0.2) is 12.1 Å². The van der Waals surface area contributed by atoms with Crippen molar-refractivity contribution in [2.75, 3.05) is 38.8 Å². The molecule has 7 heteroatoms. The van der Waals surface area contributed by atoms with E-state index < -0.39 is 0 Å². The van der Waals surface area contributed by atoms with Gasteiger partial charge in [0.1, 0.15) is 0 Å². The molecule has 1 fully saturated rings. The Bertz CT molecular complexity index is 489. The molecule has 21 heavy (non-hydrogen) atoms. The number of carbonyl (C=O) groups is 1. The molecule has 0 aromatic carbocycles. The topological polar surface area (TPSA) is 76.6 Å². The monoisotopic (exact) mass is 294 g/mol. The third kappa shape index (κ3) is 3.89. The summed E-state index contributed by atoms with van der Waals surface area (Å²) in [6.07, 6.45) is -0.0147. The number of methoxy groups -OCH3 is 1. The summed E-state index contributed by atoms with van der Waals surface area (Å²) < 4.78 is 11.1. The second-order valence-corrected chi connectivity index (χ2v) is 5.69. The summed E-state index contributed by atoms with van der Waals surface area (Å²) in [5.41, 5.74) is 0.0185. The van der Waals surface area contributed by atoms with Crippen LogP contribution in [0.4, 0.5) is 5.82 Å². The largest absolute Gasteiger partial charge is 0.382 e. The van der Waals surface area contributed by atoms with Gasteiger partial charge in [-0.1, -0.05) is 0 Å². The van der Waals surface area contributed by atoms with E-state index in [0.29, 0.717) is 25.4 Å². The van der Waals surface area contributed by atoms with E-state index in [-0.39, 0.29) is 17.6 Å². The molecule has 1 N–H and O–H groups in total. The van der Waals surface area contributed by atoms with Crippen LogP contribution in [-0.2, 0) is 9.47 Å². The SMILES string of the molecule is CNC(=O)c1ccc(N2CC(COC)OC(C)(C)C2)nn1. The van der Waals surface area contributed by atoms with Crippen LogP contribution < -0.4 is 10.2 Å². The van der Waals surface area contributed by atoms with Crippen LogP contribution in [0.25, 0.3) is 0 Å². The minimum absolute atomic E-state index is 0.0147. The van der Waals surface area contributed by atoms with E-state index in [0.717, 1.165) is 5.82 Å². The predicted molar refractivity (Wildman–Crippen MR) is 78.5 cm³/mol. The number of hydrogen-bond acceptors (Lipinski definition) is 6. The highest BCUT2D eigenvalue weighted by molar-refractivity contribution is 5.91. The molecule has 0 radical (unpaired) electrons. The van der Waals surface area contributed by atoms with Crippen molar-refractivity contribution < 1.29 is 14.3 Å². The maximum Gasteiger partial charge on any atom is 0.271 e. The Hall–Kier alpha value is -1.73. The van der Waals surface area contributed by atoms with Gasteiger partial charge in [0, 0.05) is 27.2 Å². The highest BCUT2D eigenvalue weighted by Gasteiger charge is 2.34. The summed E-state index contributed by atoms with van der Waals surface area (Å²) in [6, 6.07) is 3.48. The second-order valence-electron chi connectivity index (χ2n) is 5.69. The number of amides is 1. The van der Waals surface area contributed by atoms with Crippen molar-refractivity contribution >= 4 is 11.7 Å². The zero-order chi connectivity index (χ0) is 15.5. The lowest BCUT2D eigenvalue weighted by Gasteiger charge is -2.43. The van der Waals surface area contributed by atoms with E-state index in [1.54, 1.807) is 20.2 Å². The fourth-order valence-corrected chi connectivity index (χ4v) is 2.49. The standard InChI is InChI=1S/C14H22N4O3/c1-14(2)9-18(7-10(21-14)8-20-4)12-6-5-11(16-17-12)13(19)15-3/h5-6,10H,7-9H2,1-4H3,(H,15,19). The van der Waals surface area contributed by atoms with Gasteiger partial charge in [-0.2, -0.15) is 0 Å².